The number of pyridine rings is 1. The number of hydrogen-bond acceptors (Lipinski definition) is 7. The number of aromatic nitrogens is 6. The van der Waals surface area contributed by atoms with Gasteiger partial charge in [0.1, 0.15) is 21.1 Å². The predicted octanol–water partition coefficient (Wildman–Crippen LogP) is 5.65. The maximum absolute atomic E-state index is 13.9. The van der Waals surface area contributed by atoms with E-state index in [0.717, 1.165) is 18.2 Å². The summed E-state index contributed by atoms with van der Waals surface area (Å²) in [4.78, 5) is 33.9. The Bertz CT molecular complexity index is 1900. The van der Waals surface area contributed by atoms with Gasteiger partial charge in [0, 0.05) is 35.2 Å². The normalized spacial score (nSPS) is 12.5. The molecule has 16 heteroatoms. The van der Waals surface area contributed by atoms with Crippen molar-refractivity contribution in [2.45, 2.75) is 45.7 Å². The van der Waals surface area contributed by atoms with Crippen LogP contribution in [0.2, 0.25) is 0 Å². The Balaban J connectivity index is 1.70. The highest BCUT2D eigenvalue weighted by molar-refractivity contribution is 7.21. The van der Waals surface area contributed by atoms with Gasteiger partial charge in [0.05, 0.1) is 17.6 Å². The molecule has 0 unspecified atom stereocenters. The van der Waals surface area contributed by atoms with Crippen LogP contribution in [0, 0.1) is 6.92 Å². The molecule has 2 amide bonds. The van der Waals surface area contributed by atoms with Crippen LogP contribution in [0.3, 0.4) is 0 Å². The minimum Gasteiger partial charge on any atom is -0.365 e. The van der Waals surface area contributed by atoms with Crippen molar-refractivity contribution >= 4 is 44.7 Å². The average molecular weight is 607 g/mol. The van der Waals surface area contributed by atoms with E-state index in [2.05, 4.69) is 25.5 Å². The number of carbonyl (C=O) groups excluding carboxylic acids is 2. The lowest BCUT2D eigenvalue weighted by Crippen LogP contribution is -2.20. The first-order valence-electron chi connectivity index (χ1n) is 12.3. The molecular formula is C26H23F5N8O2S. The van der Waals surface area contributed by atoms with E-state index in [4.69, 9.17) is 5.73 Å². The second kappa shape index (κ2) is 9.82. The number of halogens is 5. The van der Waals surface area contributed by atoms with Crippen LogP contribution < -0.4 is 11.1 Å². The Morgan fingerprint density at radius 3 is 2.31 bits per heavy atom. The summed E-state index contributed by atoms with van der Waals surface area (Å²) in [6.07, 6.45) is -6.33. The zero-order valence-corrected chi connectivity index (χ0v) is 23.6. The first-order chi connectivity index (χ1) is 19.5. The third-order valence-corrected chi connectivity index (χ3v) is 7.71. The lowest BCUT2D eigenvalue weighted by Gasteiger charge is -2.19. The standard InChI is InChI=1S/C26H23F5N8O2S/c1-10-12(9-33-38(10)5)11-6-13(21(27)28)34-24-18(11)19(20(42-24)22(32)40)36-23(41)14-7-17-35-15(25(2,3)4)8-16(26(29,30)31)39(17)37-14/h6-9,21H,1-5H3,(H2,32,40)(H,36,41). The molecule has 10 nitrogen and oxygen atoms in total. The second-order valence-corrected chi connectivity index (χ2v) is 11.5. The Hall–Kier alpha value is -4.47. The predicted molar refractivity (Wildman–Crippen MR) is 145 cm³/mol. The Morgan fingerprint density at radius 1 is 1.07 bits per heavy atom. The maximum atomic E-state index is 13.9. The summed E-state index contributed by atoms with van der Waals surface area (Å²) in [5.74, 6) is -1.97. The van der Waals surface area contributed by atoms with E-state index < -0.39 is 46.9 Å². The van der Waals surface area contributed by atoms with Crippen molar-refractivity contribution in [2.24, 2.45) is 12.8 Å². The lowest BCUT2D eigenvalue weighted by molar-refractivity contribution is -0.142. The van der Waals surface area contributed by atoms with Crippen LogP contribution in [-0.4, -0.2) is 41.2 Å². The maximum Gasteiger partial charge on any atom is 0.433 e. The minimum atomic E-state index is -4.81. The minimum absolute atomic E-state index is 0.0130. The molecule has 0 saturated carbocycles. The third kappa shape index (κ3) is 4.95. The number of nitrogens with zero attached hydrogens (tertiary/aromatic N) is 6. The van der Waals surface area contributed by atoms with Gasteiger partial charge in [-0.2, -0.15) is 23.4 Å². The molecular weight excluding hydrogens is 583 g/mol. The van der Waals surface area contributed by atoms with Crippen molar-refractivity contribution in [1.29, 1.82) is 0 Å². The number of aryl methyl sites for hydroxylation is 1. The van der Waals surface area contributed by atoms with Crippen molar-refractivity contribution in [3.63, 3.8) is 0 Å². The van der Waals surface area contributed by atoms with E-state index >= 15 is 0 Å². The summed E-state index contributed by atoms with van der Waals surface area (Å²) in [6.45, 7) is 6.78. The molecule has 0 atom stereocenters. The van der Waals surface area contributed by atoms with Gasteiger partial charge in [0.25, 0.3) is 18.2 Å². The zero-order chi connectivity index (χ0) is 30.9. The molecule has 0 radical (unpaired) electrons. The monoisotopic (exact) mass is 606 g/mol. The summed E-state index contributed by atoms with van der Waals surface area (Å²) >= 11 is 0.690. The number of nitrogens with one attached hydrogen (secondary N) is 1. The highest BCUT2D eigenvalue weighted by Gasteiger charge is 2.37. The fraction of sp³-hybridized carbons (Fsp3) is 0.308. The molecule has 0 aliphatic heterocycles. The molecule has 0 aromatic carbocycles. The fourth-order valence-electron chi connectivity index (χ4n) is 4.35. The van der Waals surface area contributed by atoms with Gasteiger partial charge in [-0.05, 0) is 24.6 Å². The Kier molecular flexibility index (Phi) is 6.79. The van der Waals surface area contributed by atoms with Gasteiger partial charge in [-0.3, -0.25) is 14.3 Å². The molecule has 5 heterocycles. The zero-order valence-electron chi connectivity index (χ0n) is 22.8. The molecule has 0 saturated heterocycles. The van der Waals surface area contributed by atoms with Gasteiger partial charge in [-0.15, -0.1) is 11.3 Å². The van der Waals surface area contributed by atoms with Crippen LogP contribution in [0.25, 0.3) is 27.0 Å². The summed E-state index contributed by atoms with van der Waals surface area (Å²) in [5.41, 5.74) is 3.67. The largest absolute Gasteiger partial charge is 0.433 e. The molecule has 42 heavy (non-hydrogen) atoms. The highest BCUT2D eigenvalue weighted by Crippen LogP contribution is 2.43. The number of nitrogens with two attached hydrogens (primary N) is 1. The fourth-order valence-corrected chi connectivity index (χ4v) is 5.36. The molecule has 0 fully saturated rings. The van der Waals surface area contributed by atoms with Crippen molar-refractivity contribution in [1.82, 2.24) is 29.4 Å². The number of rotatable bonds is 5. The SMILES string of the molecule is Cc1c(-c2cc(C(F)F)nc3sc(C(N)=O)c(NC(=O)c4cc5nc(C(C)(C)C)cc(C(F)(F)F)n5n4)c23)cnn1C. The van der Waals surface area contributed by atoms with Crippen LogP contribution in [-0.2, 0) is 18.6 Å². The van der Waals surface area contributed by atoms with Gasteiger partial charge < -0.3 is 11.1 Å². The number of primary amides is 1. The van der Waals surface area contributed by atoms with Crippen molar-refractivity contribution in [3.05, 3.63) is 57.7 Å². The number of thiophene rings is 1. The van der Waals surface area contributed by atoms with Crippen molar-refractivity contribution in [2.75, 3.05) is 5.32 Å². The Labute approximate surface area is 238 Å². The van der Waals surface area contributed by atoms with Gasteiger partial charge >= 0.3 is 6.18 Å². The van der Waals surface area contributed by atoms with E-state index in [0.29, 0.717) is 27.1 Å². The average Bonchev–Trinajstić information content (AvgIpc) is 3.57. The number of anilines is 1. The number of alkyl halides is 5. The molecule has 3 N–H and O–H groups in total. The van der Waals surface area contributed by atoms with Crippen LogP contribution in [0.15, 0.2) is 24.4 Å². The van der Waals surface area contributed by atoms with Gasteiger partial charge in [0.15, 0.2) is 11.3 Å². The van der Waals surface area contributed by atoms with Crippen LogP contribution in [0.1, 0.15) is 70.1 Å². The lowest BCUT2D eigenvalue weighted by atomic mass is 9.91. The van der Waals surface area contributed by atoms with E-state index in [1.807, 2.05) is 0 Å². The molecule has 5 aromatic heterocycles. The molecule has 0 bridgehead atoms. The number of fused-ring (bicyclic) bond motifs is 2. The third-order valence-electron chi connectivity index (χ3n) is 6.61. The van der Waals surface area contributed by atoms with Crippen LogP contribution in [0.4, 0.5) is 27.6 Å². The van der Waals surface area contributed by atoms with E-state index in [1.165, 1.54) is 10.9 Å². The molecule has 0 aliphatic carbocycles. The van der Waals surface area contributed by atoms with Crippen molar-refractivity contribution < 1.29 is 31.5 Å². The second-order valence-electron chi connectivity index (χ2n) is 10.5. The molecule has 5 rings (SSSR count). The topological polar surface area (TPSA) is 133 Å². The van der Waals surface area contributed by atoms with Gasteiger partial charge in [0.2, 0.25) is 0 Å². The van der Waals surface area contributed by atoms with Gasteiger partial charge in [-0.1, -0.05) is 20.8 Å². The summed E-state index contributed by atoms with van der Waals surface area (Å²) < 4.78 is 71.4. The molecule has 220 valence electrons. The molecule has 0 spiro atoms. The highest BCUT2D eigenvalue weighted by atomic mass is 32.1. The quantitative estimate of drug-likeness (QED) is 0.248. The summed E-state index contributed by atoms with van der Waals surface area (Å²) in [6, 6.07) is 3.08. The molecule has 5 aromatic rings. The summed E-state index contributed by atoms with van der Waals surface area (Å²) in [5, 5.41) is 10.7. The van der Waals surface area contributed by atoms with E-state index in [-0.39, 0.29) is 37.7 Å². The van der Waals surface area contributed by atoms with Gasteiger partial charge in [-0.25, -0.2) is 23.3 Å². The number of carbonyl (C=O) groups is 2. The van der Waals surface area contributed by atoms with Crippen LogP contribution >= 0.6 is 11.3 Å². The number of hydrogen-bond donors (Lipinski definition) is 2. The van der Waals surface area contributed by atoms with Crippen LogP contribution in [0.5, 0.6) is 0 Å². The summed E-state index contributed by atoms with van der Waals surface area (Å²) in [7, 11) is 1.65. The van der Waals surface area contributed by atoms with Crippen molar-refractivity contribution in [3.8, 4) is 11.1 Å². The number of amides is 2. The van der Waals surface area contributed by atoms with E-state index in [1.54, 1.807) is 34.7 Å². The first-order valence-corrected chi connectivity index (χ1v) is 13.1. The van der Waals surface area contributed by atoms with E-state index in [9.17, 15) is 31.5 Å². The smallest absolute Gasteiger partial charge is 0.365 e. The molecule has 0 aliphatic rings. The first kappa shape index (κ1) is 29.0. The Morgan fingerprint density at radius 2 is 1.76 bits per heavy atom.